The Morgan fingerprint density at radius 1 is 1.12 bits per heavy atom. The summed E-state index contributed by atoms with van der Waals surface area (Å²) in [4.78, 5) is 25.0. The van der Waals surface area contributed by atoms with Gasteiger partial charge in [0.25, 0.3) is 11.6 Å². The van der Waals surface area contributed by atoms with Crippen LogP contribution in [0.2, 0.25) is 0 Å². The maximum Gasteiger partial charge on any atom is 0.270 e. The Labute approximate surface area is 147 Å². The number of non-ortho nitro benzene ring substituents is 1. The van der Waals surface area contributed by atoms with Gasteiger partial charge in [0, 0.05) is 41.1 Å². The van der Waals surface area contributed by atoms with Gasteiger partial charge in [0.2, 0.25) is 0 Å². The fourth-order valence-electron chi connectivity index (χ4n) is 2.73. The zero-order chi connectivity index (χ0) is 17.1. The minimum absolute atomic E-state index is 0.118. The molecule has 0 bridgehead atoms. The highest BCUT2D eigenvalue weighted by Crippen LogP contribution is 2.25. The normalized spacial score (nSPS) is 13.8. The number of amides is 1. The van der Waals surface area contributed by atoms with E-state index in [2.05, 4.69) is 26.1 Å². The van der Waals surface area contributed by atoms with E-state index in [0.29, 0.717) is 10.2 Å². The molecule has 0 atom stereocenters. The van der Waals surface area contributed by atoms with Gasteiger partial charge in [0.1, 0.15) is 0 Å². The molecule has 0 aliphatic carbocycles. The summed E-state index contributed by atoms with van der Waals surface area (Å²) >= 11 is 3.26. The molecule has 0 radical (unpaired) electrons. The molecule has 6 nitrogen and oxygen atoms in total. The molecule has 1 aliphatic heterocycles. The summed E-state index contributed by atoms with van der Waals surface area (Å²) in [5.74, 6) is -0.389. The van der Waals surface area contributed by atoms with Crippen molar-refractivity contribution in [3.63, 3.8) is 0 Å². The van der Waals surface area contributed by atoms with Crippen LogP contribution in [-0.2, 0) is 0 Å². The number of nitrogens with zero attached hydrogens (tertiary/aromatic N) is 2. The highest BCUT2D eigenvalue weighted by Gasteiger charge is 2.16. The van der Waals surface area contributed by atoms with E-state index in [1.165, 1.54) is 31.0 Å². The van der Waals surface area contributed by atoms with Crippen molar-refractivity contribution in [2.24, 2.45) is 0 Å². The molecule has 1 saturated heterocycles. The van der Waals surface area contributed by atoms with Crippen LogP contribution in [-0.4, -0.2) is 23.9 Å². The lowest BCUT2D eigenvalue weighted by Crippen LogP contribution is -2.17. The molecular formula is C17H16BrN3O3. The summed E-state index contributed by atoms with van der Waals surface area (Å²) < 4.78 is 0.513. The first-order valence-electron chi connectivity index (χ1n) is 7.65. The van der Waals surface area contributed by atoms with Crippen LogP contribution in [0.5, 0.6) is 0 Å². The number of hydrogen-bond donors (Lipinski definition) is 1. The predicted molar refractivity (Wildman–Crippen MR) is 96.6 cm³/mol. The smallest absolute Gasteiger partial charge is 0.270 e. The maximum atomic E-state index is 12.4. The number of carbonyl (C=O) groups excluding carboxylic acids is 1. The molecule has 0 spiro atoms. The summed E-state index contributed by atoms with van der Waals surface area (Å²) in [7, 11) is 0. The van der Waals surface area contributed by atoms with Crippen molar-refractivity contribution in [1.29, 1.82) is 0 Å². The van der Waals surface area contributed by atoms with Crippen LogP contribution < -0.4 is 10.2 Å². The van der Waals surface area contributed by atoms with Crippen molar-refractivity contribution in [2.45, 2.75) is 12.8 Å². The first-order valence-corrected chi connectivity index (χ1v) is 8.44. The van der Waals surface area contributed by atoms with Crippen LogP contribution >= 0.6 is 15.9 Å². The molecule has 1 fully saturated rings. The first-order chi connectivity index (χ1) is 11.5. The second-order valence-corrected chi connectivity index (χ2v) is 6.47. The van der Waals surface area contributed by atoms with Crippen molar-refractivity contribution in [2.75, 3.05) is 23.3 Å². The Morgan fingerprint density at radius 3 is 2.42 bits per heavy atom. The molecule has 0 unspecified atom stereocenters. The highest BCUT2D eigenvalue weighted by molar-refractivity contribution is 9.10. The fraction of sp³-hybridized carbons (Fsp3) is 0.235. The van der Waals surface area contributed by atoms with Gasteiger partial charge in [0.15, 0.2) is 0 Å². The van der Waals surface area contributed by atoms with E-state index in [4.69, 9.17) is 0 Å². The third-order valence-electron chi connectivity index (χ3n) is 4.00. The van der Waals surface area contributed by atoms with Crippen LogP contribution in [0.15, 0.2) is 46.9 Å². The van der Waals surface area contributed by atoms with Crippen molar-refractivity contribution in [3.8, 4) is 0 Å². The molecule has 0 saturated carbocycles. The van der Waals surface area contributed by atoms with Gasteiger partial charge in [-0.25, -0.2) is 0 Å². The standard InChI is InChI=1S/C17H16BrN3O3/c18-16-8-7-14(21(23)24)11-15(16)17(22)19-12-3-5-13(6-4-12)20-9-1-2-10-20/h3-8,11H,1-2,9-10H2,(H,19,22). The molecule has 3 rings (SSSR count). The number of rotatable bonds is 4. The van der Waals surface area contributed by atoms with E-state index >= 15 is 0 Å². The van der Waals surface area contributed by atoms with Crippen molar-refractivity contribution in [3.05, 3.63) is 62.6 Å². The highest BCUT2D eigenvalue weighted by atomic mass is 79.9. The average molecular weight is 390 g/mol. The van der Waals surface area contributed by atoms with Crippen LogP contribution in [0.25, 0.3) is 0 Å². The molecule has 7 heteroatoms. The predicted octanol–water partition coefficient (Wildman–Crippen LogP) is 4.21. The lowest BCUT2D eigenvalue weighted by molar-refractivity contribution is -0.384. The van der Waals surface area contributed by atoms with E-state index in [-0.39, 0.29) is 17.2 Å². The fourth-order valence-corrected chi connectivity index (χ4v) is 3.16. The number of nitro benzene ring substituents is 1. The maximum absolute atomic E-state index is 12.4. The van der Waals surface area contributed by atoms with Gasteiger partial charge in [-0.2, -0.15) is 0 Å². The number of halogens is 1. The zero-order valence-corrected chi connectivity index (χ0v) is 14.5. The van der Waals surface area contributed by atoms with Gasteiger partial charge in [-0.15, -0.1) is 0 Å². The lowest BCUT2D eigenvalue weighted by atomic mass is 10.2. The molecule has 24 heavy (non-hydrogen) atoms. The number of nitro groups is 1. The molecule has 2 aromatic rings. The van der Waals surface area contributed by atoms with Gasteiger partial charge < -0.3 is 10.2 Å². The number of anilines is 2. The van der Waals surface area contributed by atoms with Crippen LogP contribution in [0.3, 0.4) is 0 Å². The zero-order valence-electron chi connectivity index (χ0n) is 12.9. The van der Waals surface area contributed by atoms with Crippen molar-refractivity contribution < 1.29 is 9.72 Å². The minimum atomic E-state index is -0.520. The van der Waals surface area contributed by atoms with Crippen LogP contribution in [0.4, 0.5) is 17.1 Å². The number of benzene rings is 2. The molecule has 1 aliphatic rings. The second kappa shape index (κ2) is 7.00. The molecule has 0 aromatic heterocycles. The molecule has 2 aromatic carbocycles. The second-order valence-electron chi connectivity index (χ2n) is 5.62. The van der Waals surface area contributed by atoms with E-state index in [9.17, 15) is 14.9 Å². The Morgan fingerprint density at radius 2 is 1.79 bits per heavy atom. The average Bonchev–Trinajstić information content (AvgIpc) is 3.10. The van der Waals surface area contributed by atoms with E-state index in [1.54, 1.807) is 0 Å². The third kappa shape index (κ3) is 3.56. The minimum Gasteiger partial charge on any atom is -0.372 e. The van der Waals surface area contributed by atoms with Crippen molar-refractivity contribution >= 4 is 38.9 Å². The summed E-state index contributed by atoms with van der Waals surface area (Å²) in [6.07, 6.45) is 2.42. The summed E-state index contributed by atoms with van der Waals surface area (Å²) in [5, 5.41) is 13.6. The summed E-state index contributed by atoms with van der Waals surface area (Å²) in [5.41, 5.74) is 1.91. The van der Waals surface area contributed by atoms with Gasteiger partial charge >= 0.3 is 0 Å². The van der Waals surface area contributed by atoms with E-state index < -0.39 is 4.92 Å². The van der Waals surface area contributed by atoms with Crippen LogP contribution in [0, 0.1) is 10.1 Å². The molecule has 1 N–H and O–H groups in total. The van der Waals surface area contributed by atoms with E-state index in [1.807, 2.05) is 24.3 Å². The summed E-state index contributed by atoms with van der Waals surface area (Å²) in [6.45, 7) is 2.12. The van der Waals surface area contributed by atoms with Gasteiger partial charge in [-0.05, 0) is 59.1 Å². The quantitative estimate of drug-likeness (QED) is 0.627. The van der Waals surface area contributed by atoms with Crippen LogP contribution in [0.1, 0.15) is 23.2 Å². The molecule has 1 amide bonds. The summed E-state index contributed by atoms with van der Waals surface area (Å²) in [6, 6.07) is 11.8. The molecule has 1 heterocycles. The van der Waals surface area contributed by atoms with Gasteiger partial charge in [-0.1, -0.05) is 0 Å². The number of nitrogens with one attached hydrogen (secondary N) is 1. The third-order valence-corrected chi connectivity index (χ3v) is 4.69. The topological polar surface area (TPSA) is 75.5 Å². The Kier molecular flexibility index (Phi) is 4.80. The molecular weight excluding hydrogens is 374 g/mol. The Hall–Kier alpha value is -2.41. The number of hydrogen-bond acceptors (Lipinski definition) is 4. The first kappa shape index (κ1) is 16.4. The lowest BCUT2D eigenvalue weighted by Gasteiger charge is -2.17. The van der Waals surface area contributed by atoms with Gasteiger partial charge in [-0.3, -0.25) is 14.9 Å². The Bertz CT molecular complexity index is 771. The molecule has 124 valence electrons. The number of carbonyl (C=O) groups is 1. The monoisotopic (exact) mass is 389 g/mol. The van der Waals surface area contributed by atoms with Gasteiger partial charge in [0.05, 0.1) is 10.5 Å². The van der Waals surface area contributed by atoms with Crippen molar-refractivity contribution in [1.82, 2.24) is 0 Å². The Balaban J connectivity index is 1.75. The SMILES string of the molecule is O=C(Nc1ccc(N2CCCC2)cc1)c1cc([N+](=O)[O-])ccc1Br. The van der Waals surface area contributed by atoms with E-state index in [0.717, 1.165) is 18.8 Å². The largest absolute Gasteiger partial charge is 0.372 e.